The van der Waals surface area contributed by atoms with Gasteiger partial charge in [0.25, 0.3) is 5.69 Å². The zero-order valence-corrected chi connectivity index (χ0v) is 14.6. The van der Waals surface area contributed by atoms with Gasteiger partial charge in [-0.15, -0.1) is 0 Å². The number of benzene rings is 2. The summed E-state index contributed by atoms with van der Waals surface area (Å²) in [6, 6.07) is 6.91. The second-order valence-corrected chi connectivity index (χ2v) is 7.30. The van der Waals surface area contributed by atoms with Gasteiger partial charge in [0.1, 0.15) is 0 Å². The Morgan fingerprint density at radius 2 is 1.69 bits per heavy atom. The number of nitro benzene ring substituents is 1. The van der Waals surface area contributed by atoms with E-state index in [2.05, 4.69) is 4.72 Å². The number of alkyl halides is 3. The minimum Gasteiger partial charge on any atom is -0.258 e. The summed E-state index contributed by atoms with van der Waals surface area (Å²) in [5, 5.41) is 11.0. The Labute approximate surface area is 147 Å². The van der Waals surface area contributed by atoms with E-state index < -0.39 is 32.7 Å². The number of nitro groups is 1. The molecule has 0 fully saturated rings. The van der Waals surface area contributed by atoms with Crippen LogP contribution in [0.4, 0.5) is 18.9 Å². The fourth-order valence-electron chi connectivity index (χ4n) is 2.42. The molecule has 0 radical (unpaired) electrons. The number of halogens is 3. The molecule has 1 atom stereocenters. The van der Waals surface area contributed by atoms with E-state index in [1.54, 1.807) is 0 Å². The number of sulfonamides is 1. The van der Waals surface area contributed by atoms with Crippen molar-refractivity contribution in [1.82, 2.24) is 4.72 Å². The van der Waals surface area contributed by atoms with Gasteiger partial charge in [0, 0.05) is 17.7 Å². The molecule has 0 aromatic heterocycles. The van der Waals surface area contributed by atoms with Crippen molar-refractivity contribution in [3.8, 4) is 0 Å². The van der Waals surface area contributed by atoms with Crippen molar-refractivity contribution >= 4 is 15.7 Å². The Morgan fingerprint density at radius 3 is 2.19 bits per heavy atom. The van der Waals surface area contributed by atoms with Crippen molar-refractivity contribution in [2.24, 2.45) is 0 Å². The standard InChI is InChI=1S/C16H15F3N2O4S/c1-10-14(21(22)23)4-3-5-15(10)26(24,25)20-11(2)12-6-8-13(9-7-12)16(17,18)19/h3-9,11,20H,1-2H3. The number of hydrogen-bond donors (Lipinski definition) is 1. The molecule has 0 saturated carbocycles. The van der Waals surface area contributed by atoms with Gasteiger partial charge in [-0.05, 0) is 37.6 Å². The Kier molecular flexibility index (Phi) is 5.38. The van der Waals surface area contributed by atoms with Crippen LogP contribution in [0, 0.1) is 17.0 Å². The molecule has 1 N–H and O–H groups in total. The van der Waals surface area contributed by atoms with E-state index in [-0.39, 0.29) is 16.1 Å². The molecular formula is C16H15F3N2O4S. The lowest BCUT2D eigenvalue weighted by Gasteiger charge is -2.16. The molecule has 1 unspecified atom stereocenters. The first-order chi connectivity index (χ1) is 11.9. The maximum atomic E-state index is 12.6. The van der Waals surface area contributed by atoms with Gasteiger partial charge >= 0.3 is 6.18 Å². The molecule has 2 aromatic rings. The summed E-state index contributed by atoms with van der Waals surface area (Å²) in [6.45, 7) is 2.78. The van der Waals surface area contributed by atoms with Gasteiger partial charge in [0.2, 0.25) is 10.0 Å². The first kappa shape index (κ1) is 19.9. The third-order valence-electron chi connectivity index (χ3n) is 3.81. The Bertz CT molecular complexity index is 926. The van der Waals surface area contributed by atoms with E-state index in [9.17, 15) is 31.7 Å². The maximum absolute atomic E-state index is 12.6. The summed E-state index contributed by atoms with van der Waals surface area (Å²) >= 11 is 0. The molecule has 10 heteroatoms. The van der Waals surface area contributed by atoms with Crippen LogP contribution in [-0.2, 0) is 16.2 Å². The fourth-order valence-corrected chi connectivity index (χ4v) is 3.91. The van der Waals surface area contributed by atoms with Gasteiger partial charge in [-0.2, -0.15) is 13.2 Å². The Balaban J connectivity index is 2.29. The molecule has 0 bridgehead atoms. The van der Waals surface area contributed by atoms with Gasteiger partial charge in [-0.25, -0.2) is 13.1 Å². The lowest BCUT2D eigenvalue weighted by Crippen LogP contribution is -2.27. The van der Waals surface area contributed by atoms with E-state index in [4.69, 9.17) is 0 Å². The predicted molar refractivity (Wildman–Crippen MR) is 88.0 cm³/mol. The molecule has 2 aromatic carbocycles. The normalized spacial score (nSPS) is 13.4. The first-order valence-electron chi connectivity index (χ1n) is 7.37. The van der Waals surface area contributed by atoms with Crippen molar-refractivity contribution < 1.29 is 26.5 Å². The molecule has 26 heavy (non-hydrogen) atoms. The highest BCUT2D eigenvalue weighted by atomic mass is 32.2. The van der Waals surface area contributed by atoms with Crippen LogP contribution in [0.5, 0.6) is 0 Å². The van der Waals surface area contributed by atoms with Crippen molar-refractivity contribution in [2.45, 2.75) is 31.0 Å². The first-order valence-corrected chi connectivity index (χ1v) is 8.85. The smallest absolute Gasteiger partial charge is 0.258 e. The van der Waals surface area contributed by atoms with Crippen LogP contribution in [0.15, 0.2) is 47.4 Å². The summed E-state index contributed by atoms with van der Waals surface area (Å²) in [4.78, 5) is 10.0. The van der Waals surface area contributed by atoms with Crippen LogP contribution in [0.25, 0.3) is 0 Å². The zero-order chi connectivity index (χ0) is 19.7. The lowest BCUT2D eigenvalue weighted by atomic mass is 10.1. The maximum Gasteiger partial charge on any atom is 0.416 e. The van der Waals surface area contributed by atoms with Crippen molar-refractivity contribution in [3.63, 3.8) is 0 Å². The monoisotopic (exact) mass is 388 g/mol. The average molecular weight is 388 g/mol. The van der Waals surface area contributed by atoms with E-state index >= 15 is 0 Å². The number of nitrogens with one attached hydrogen (secondary N) is 1. The van der Waals surface area contributed by atoms with Gasteiger partial charge < -0.3 is 0 Å². The number of hydrogen-bond acceptors (Lipinski definition) is 4. The topological polar surface area (TPSA) is 89.3 Å². The molecule has 0 heterocycles. The average Bonchev–Trinajstić information content (AvgIpc) is 2.53. The second kappa shape index (κ2) is 7.04. The van der Waals surface area contributed by atoms with Crippen LogP contribution in [-0.4, -0.2) is 13.3 Å². The third-order valence-corrected chi connectivity index (χ3v) is 5.50. The molecule has 0 saturated heterocycles. The Morgan fingerprint density at radius 1 is 1.12 bits per heavy atom. The summed E-state index contributed by atoms with van der Waals surface area (Å²) < 4.78 is 65.2. The third kappa shape index (κ3) is 4.20. The molecule has 0 amide bonds. The summed E-state index contributed by atoms with van der Waals surface area (Å²) in [7, 11) is -4.11. The van der Waals surface area contributed by atoms with E-state index in [1.165, 1.54) is 44.2 Å². The minimum absolute atomic E-state index is 0.0235. The lowest BCUT2D eigenvalue weighted by molar-refractivity contribution is -0.385. The van der Waals surface area contributed by atoms with Crippen molar-refractivity contribution in [1.29, 1.82) is 0 Å². The van der Waals surface area contributed by atoms with E-state index in [1.807, 2.05) is 0 Å². The predicted octanol–water partition coefficient (Wildman–Crippen LogP) is 3.96. The van der Waals surface area contributed by atoms with E-state index in [0.717, 1.165) is 12.1 Å². The van der Waals surface area contributed by atoms with Gasteiger partial charge in [0.15, 0.2) is 0 Å². The van der Waals surface area contributed by atoms with Crippen LogP contribution in [0.2, 0.25) is 0 Å². The van der Waals surface area contributed by atoms with Gasteiger partial charge in [0.05, 0.1) is 15.4 Å². The highest BCUT2D eigenvalue weighted by Crippen LogP contribution is 2.30. The van der Waals surface area contributed by atoms with Gasteiger partial charge in [-0.1, -0.05) is 18.2 Å². The van der Waals surface area contributed by atoms with Crippen molar-refractivity contribution in [3.05, 3.63) is 69.3 Å². The van der Waals surface area contributed by atoms with Crippen molar-refractivity contribution in [2.75, 3.05) is 0 Å². The minimum atomic E-state index is -4.48. The quantitative estimate of drug-likeness (QED) is 0.620. The second-order valence-electron chi connectivity index (χ2n) is 5.62. The largest absolute Gasteiger partial charge is 0.416 e. The molecule has 6 nitrogen and oxygen atoms in total. The molecular weight excluding hydrogens is 373 g/mol. The molecule has 0 aliphatic carbocycles. The van der Waals surface area contributed by atoms with Crippen LogP contribution >= 0.6 is 0 Å². The molecule has 2 rings (SSSR count). The summed E-state index contributed by atoms with van der Waals surface area (Å²) in [5.41, 5.74) is -0.879. The number of rotatable bonds is 5. The highest BCUT2D eigenvalue weighted by Gasteiger charge is 2.30. The number of nitrogens with zero attached hydrogens (tertiary/aromatic N) is 1. The summed E-state index contributed by atoms with van der Waals surface area (Å²) in [6.07, 6.45) is -4.48. The van der Waals surface area contributed by atoms with Crippen LogP contribution in [0.3, 0.4) is 0 Å². The molecule has 0 aliphatic rings. The molecule has 0 spiro atoms. The zero-order valence-electron chi connectivity index (χ0n) is 13.7. The summed E-state index contributed by atoms with van der Waals surface area (Å²) in [5.74, 6) is 0. The SMILES string of the molecule is Cc1c([N+](=O)[O-])cccc1S(=O)(=O)NC(C)c1ccc(C(F)(F)F)cc1. The fraction of sp³-hybridized carbons (Fsp3) is 0.250. The highest BCUT2D eigenvalue weighted by molar-refractivity contribution is 7.89. The van der Waals surface area contributed by atoms with E-state index in [0.29, 0.717) is 5.56 Å². The van der Waals surface area contributed by atoms with Crippen LogP contribution < -0.4 is 4.72 Å². The molecule has 140 valence electrons. The van der Waals surface area contributed by atoms with Gasteiger partial charge in [-0.3, -0.25) is 10.1 Å². The van der Waals surface area contributed by atoms with Crippen LogP contribution in [0.1, 0.15) is 29.7 Å². The molecule has 0 aliphatic heterocycles. The Hall–Kier alpha value is -2.46.